The Balaban J connectivity index is 1.44. The minimum absolute atomic E-state index is 0.126. The number of benzene rings is 2. The van der Waals surface area contributed by atoms with E-state index in [4.69, 9.17) is 21.1 Å². The molecule has 0 aliphatic carbocycles. The minimum atomic E-state index is -0.797. The lowest BCUT2D eigenvalue weighted by Gasteiger charge is -2.12. The molecule has 2 heterocycles. The molecule has 0 radical (unpaired) electrons. The summed E-state index contributed by atoms with van der Waals surface area (Å²) in [6.45, 7) is -0.440. The summed E-state index contributed by atoms with van der Waals surface area (Å²) >= 11 is 6.38. The van der Waals surface area contributed by atoms with Crippen LogP contribution in [-0.2, 0) is 9.59 Å². The molecule has 9 nitrogen and oxygen atoms in total. The molecular weight excluding hydrogens is 499 g/mol. The number of nitrogens with zero attached hydrogens (tertiary/aromatic N) is 3. The maximum Gasteiger partial charge on any atom is 0.294 e. The number of hydrogen-bond acceptors (Lipinski definition) is 8. The van der Waals surface area contributed by atoms with Crippen molar-refractivity contribution < 1.29 is 28.2 Å². The number of methoxy groups -OCH3 is 1. The summed E-state index contributed by atoms with van der Waals surface area (Å²) in [6.07, 6.45) is 2.36. The van der Waals surface area contributed by atoms with Crippen molar-refractivity contribution in [3.63, 3.8) is 0 Å². The molecule has 3 amide bonds. The fourth-order valence-electron chi connectivity index (χ4n) is 2.99. The van der Waals surface area contributed by atoms with Crippen molar-refractivity contribution in [3.8, 4) is 17.4 Å². The van der Waals surface area contributed by atoms with E-state index in [0.29, 0.717) is 28.8 Å². The van der Waals surface area contributed by atoms with Gasteiger partial charge in [-0.05, 0) is 71.4 Å². The zero-order valence-corrected chi connectivity index (χ0v) is 19.6. The molecule has 12 heteroatoms. The van der Waals surface area contributed by atoms with Gasteiger partial charge in [0.05, 0.1) is 18.2 Å². The number of carbonyl (C=O) groups excluding carboxylic acids is 3. The predicted molar refractivity (Wildman–Crippen MR) is 128 cm³/mol. The van der Waals surface area contributed by atoms with Crippen LogP contribution in [0.25, 0.3) is 6.08 Å². The molecule has 178 valence electrons. The van der Waals surface area contributed by atoms with E-state index < -0.39 is 29.4 Å². The molecule has 2 aromatic carbocycles. The summed E-state index contributed by atoms with van der Waals surface area (Å²) in [6, 6.07) is 13.0. The third-order valence-electron chi connectivity index (χ3n) is 4.60. The Kier molecular flexibility index (Phi) is 7.28. The Bertz CT molecular complexity index is 1340. The summed E-state index contributed by atoms with van der Waals surface area (Å²) in [5.74, 6) is -1.44. The SMILES string of the molecule is COc1ccc(NC(=O)CN2C(=O)S/C(=C/c3cccc(Oc4nc(Cl)ncc4F)c3)C2=O)cc1. The van der Waals surface area contributed by atoms with E-state index >= 15 is 0 Å². The molecule has 0 unspecified atom stereocenters. The number of thioether (sulfide) groups is 1. The number of rotatable bonds is 7. The van der Waals surface area contributed by atoms with Crippen molar-refractivity contribution in [2.24, 2.45) is 0 Å². The average Bonchev–Trinajstić information content (AvgIpc) is 3.09. The Morgan fingerprint density at radius 1 is 1.20 bits per heavy atom. The fourth-order valence-corrected chi connectivity index (χ4v) is 3.95. The van der Waals surface area contributed by atoms with Crippen molar-refractivity contribution in [1.29, 1.82) is 0 Å². The van der Waals surface area contributed by atoms with Gasteiger partial charge in [-0.1, -0.05) is 12.1 Å². The van der Waals surface area contributed by atoms with Gasteiger partial charge in [0.15, 0.2) is 0 Å². The fraction of sp³-hybridized carbons (Fsp3) is 0.0870. The summed E-state index contributed by atoms with van der Waals surface area (Å²) in [5.41, 5.74) is 1.01. The van der Waals surface area contributed by atoms with Gasteiger partial charge in [0, 0.05) is 5.69 Å². The van der Waals surface area contributed by atoms with Crippen LogP contribution in [0.15, 0.2) is 59.6 Å². The highest BCUT2D eigenvalue weighted by Gasteiger charge is 2.36. The Morgan fingerprint density at radius 3 is 2.71 bits per heavy atom. The van der Waals surface area contributed by atoms with E-state index in [-0.39, 0.29) is 21.8 Å². The highest BCUT2D eigenvalue weighted by molar-refractivity contribution is 8.18. The molecule has 0 spiro atoms. The first-order valence-electron chi connectivity index (χ1n) is 9.97. The number of carbonyl (C=O) groups is 3. The van der Waals surface area contributed by atoms with Crippen LogP contribution in [0.2, 0.25) is 5.28 Å². The smallest absolute Gasteiger partial charge is 0.294 e. The number of amides is 3. The molecule has 0 saturated carbocycles. The second-order valence-electron chi connectivity index (χ2n) is 7.01. The molecule has 1 saturated heterocycles. The van der Waals surface area contributed by atoms with Crippen LogP contribution in [0.4, 0.5) is 14.9 Å². The lowest BCUT2D eigenvalue weighted by Crippen LogP contribution is -2.36. The lowest BCUT2D eigenvalue weighted by atomic mass is 10.2. The number of nitrogens with one attached hydrogen (secondary N) is 1. The molecule has 0 bridgehead atoms. The first-order chi connectivity index (χ1) is 16.8. The van der Waals surface area contributed by atoms with Crippen molar-refractivity contribution >= 4 is 52.2 Å². The Hall–Kier alpha value is -3.96. The first-order valence-corrected chi connectivity index (χ1v) is 11.2. The van der Waals surface area contributed by atoms with Crippen LogP contribution >= 0.6 is 23.4 Å². The molecule has 1 aromatic heterocycles. The largest absolute Gasteiger partial charge is 0.497 e. The zero-order chi connectivity index (χ0) is 24.9. The number of halogens is 2. The van der Waals surface area contributed by atoms with Crippen LogP contribution in [0.3, 0.4) is 0 Å². The molecule has 1 aliphatic rings. The van der Waals surface area contributed by atoms with Gasteiger partial charge in [-0.15, -0.1) is 0 Å². The predicted octanol–water partition coefficient (Wildman–Crippen LogP) is 4.75. The van der Waals surface area contributed by atoms with E-state index in [2.05, 4.69) is 15.3 Å². The van der Waals surface area contributed by atoms with Crippen LogP contribution in [0.1, 0.15) is 5.56 Å². The number of aromatic nitrogens is 2. The third-order valence-corrected chi connectivity index (χ3v) is 5.69. The van der Waals surface area contributed by atoms with Gasteiger partial charge in [0.25, 0.3) is 17.0 Å². The maximum atomic E-state index is 13.8. The average molecular weight is 515 g/mol. The third kappa shape index (κ3) is 5.94. The molecule has 1 N–H and O–H groups in total. The highest BCUT2D eigenvalue weighted by atomic mass is 35.5. The van der Waals surface area contributed by atoms with E-state index in [1.807, 2.05) is 0 Å². The van der Waals surface area contributed by atoms with E-state index in [0.717, 1.165) is 11.1 Å². The van der Waals surface area contributed by atoms with Crippen molar-refractivity contribution in [2.45, 2.75) is 0 Å². The summed E-state index contributed by atoms with van der Waals surface area (Å²) < 4.78 is 24.3. The van der Waals surface area contributed by atoms with Gasteiger partial charge in [0.1, 0.15) is 18.0 Å². The maximum absolute atomic E-state index is 13.8. The minimum Gasteiger partial charge on any atom is -0.497 e. The van der Waals surface area contributed by atoms with Crippen molar-refractivity contribution in [2.75, 3.05) is 19.0 Å². The Morgan fingerprint density at radius 2 is 1.97 bits per heavy atom. The van der Waals surface area contributed by atoms with Gasteiger partial charge in [-0.3, -0.25) is 19.3 Å². The second-order valence-corrected chi connectivity index (χ2v) is 8.34. The summed E-state index contributed by atoms with van der Waals surface area (Å²) in [5, 5.41) is 1.88. The van der Waals surface area contributed by atoms with Crippen LogP contribution < -0.4 is 14.8 Å². The molecule has 35 heavy (non-hydrogen) atoms. The molecule has 1 fully saturated rings. The van der Waals surface area contributed by atoms with Crippen LogP contribution in [-0.4, -0.2) is 45.6 Å². The van der Waals surface area contributed by atoms with E-state index in [9.17, 15) is 18.8 Å². The van der Waals surface area contributed by atoms with Gasteiger partial charge in [-0.25, -0.2) is 4.98 Å². The van der Waals surface area contributed by atoms with Crippen LogP contribution in [0.5, 0.6) is 17.4 Å². The van der Waals surface area contributed by atoms with Gasteiger partial charge in [-0.2, -0.15) is 9.37 Å². The molecule has 1 aliphatic heterocycles. The number of ether oxygens (including phenoxy) is 2. The Labute approximate surface area is 207 Å². The molecular formula is C23H16ClFN4O5S. The summed E-state index contributed by atoms with van der Waals surface area (Å²) in [4.78, 5) is 45.7. The standard InChI is InChI=1S/C23H16ClFN4O5S/c1-33-15-7-5-14(6-8-15)27-19(30)12-29-21(31)18(35-23(29)32)10-13-3-2-4-16(9-13)34-20-17(25)11-26-22(24)28-20/h2-11H,12H2,1H3,(H,27,30)/b18-10+. The normalized spacial score (nSPS) is 14.4. The quantitative estimate of drug-likeness (QED) is 0.355. The number of imide groups is 1. The van der Waals surface area contributed by atoms with E-state index in [1.54, 1.807) is 42.5 Å². The van der Waals surface area contributed by atoms with E-state index in [1.165, 1.54) is 19.3 Å². The molecule has 3 aromatic rings. The second kappa shape index (κ2) is 10.5. The zero-order valence-electron chi connectivity index (χ0n) is 18.0. The monoisotopic (exact) mass is 514 g/mol. The van der Waals surface area contributed by atoms with Gasteiger partial charge < -0.3 is 14.8 Å². The number of hydrogen-bond donors (Lipinski definition) is 1. The van der Waals surface area contributed by atoms with Crippen LogP contribution in [0, 0.1) is 5.82 Å². The first kappa shape index (κ1) is 24.2. The topological polar surface area (TPSA) is 111 Å². The van der Waals surface area contributed by atoms with Gasteiger partial charge >= 0.3 is 0 Å². The number of anilines is 1. The highest BCUT2D eigenvalue weighted by Crippen LogP contribution is 2.33. The summed E-state index contributed by atoms with van der Waals surface area (Å²) in [7, 11) is 1.53. The lowest BCUT2D eigenvalue weighted by molar-refractivity contribution is -0.127. The molecule has 4 rings (SSSR count). The van der Waals surface area contributed by atoms with Crippen molar-refractivity contribution in [3.05, 3.63) is 76.3 Å². The van der Waals surface area contributed by atoms with Gasteiger partial charge in [0.2, 0.25) is 17.0 Å². The van der Waals surface area contributed by atoms with Crippen molar-refractivity contribution in [1.82, 2.24) is 14.9 Å². The molecule has 0 atom stereocenters.